The number of nitrogens with one attached hydrogen (secondary N) is 1. The smallest absolute Gasteiger partial charge is 0.406 e. The third kappa shape index (κ3) is 5.50. The zero-order valence-corrected chi connectivity index (χ0v) is 16.1. The summed E-state index contributed by atoms with van der Waals surface area (Å²) in [5, 5.41) is 2.70. The molecule has 2 amide bonds. The van der Waals surface area contributed by atoms with Crippen molar-refractivity contribution in [1.29, 1.82) is 0 Å². The number of furan rings is 1. The lowest BCUT2D eigenvalue weighted by molar-refractivity contribution is -0.142. The van der Waals surface area contributed by atoms with Crippen molar-refractivity contribution in [2.45, 2.75) is 19.6 Å². The van der Waals surface area contributed by atoms with Crippen LogP contribution >= 0.6 is 0 Å². The largest absolute Gasteiger partial charge is 0.467 e. The molecule has 0 spiro atoms. The molecule has 30 heavy (non-hydrogen) atoms. The maximum Gasteiger partial charge on any atom is 0.406 e. The summed E-state index contributed by atoms with van der Waals surface area (Å²) in [6, 6.07) is 15.9. The number of hydrogen-bond donors (Lipinski definition) is 1. The summed E-state index contributed by atoms with van der Waals surface area (Å²) >= 11 is 0. The molecule has 0 saturated heterocycles. The molecular formula is C22H19F3N2O3. The Morgan fingerprint density at radius 1 is 1.00 bits per heavy atom. The molecule has 8 heteroatoms. The number of carbonyl (C=O) groups is 2. The van der Waals surface area contributed by atoms with Gasteiger partial charge in [-0.1, -0.05) is 24.3 Å². The van der Waals surface area contributed by atoms with E-state index in [1.165, 1.54) is 30.5 Å². The van der Waals surface area contributed by atoms with Crippen molar-refractivity contribution in [1.82, 2.24) is 4.90 Å². The van der Waals surface area contributed by atoms with Crippen molar-refractivity contribution in [2.75, 3.05) is 11.9 Å². The van der Waals surface area contributed by atoms with E-state index in [4.69, 9.17) is 4.42 Å². The van der Waals surface area contributed by atoms with E-state index >= 15 is 0 Å². The lowest BCUT2D eigenvalue weighted by Gasteiger charge is -2.23. The van der Waals surface area contributed by atoms with Crippen LogP contribution in [0.2, 0.25) is 0 Å². The standard InChI is InChI=1S/C22H19F3N2O3/c1-15-9-10-17(12-19(15)26-20(28)16-6-3-2-4-7-16)21(29)27(14-22(23,24)25)13-18-8-5-11-30-18/h2-12H,13-14H2,1H3,(H,26,28). The quantitative estimate of drug-likeness (QED) is 0.612. The number of hydrogen-bond acceptors (Lipinski definition) is 3. The molecule has 0 aliphatic rings. The fourth-order valence-electron chi connectivity index (χ4n) is 2.86. The third-order valence-corrected chi connectivity index (χ3v) is 4.35. The van der Waals surface area contributed by atoms with E-state index in [1.54, 1.807) is 43.3 Å². The topological polar surface area (TPSA) is 62.6 Å². The molecule has 0 fully saturated rings. The fraction of sp³-hybridized carbons (Fsp3) is 0.182. The number of nitrogens with zero attached hydrogens (tertiary/aromatic N) is 1. The molecule has 1 aromatic heterocycles. The summed E-state index contributed by atoms with van der Waals surface area (Å²) in [5.74, 6) is -0.970. The van der Waals surface area contributed by atoms with Gasteiger partial charge in [-0.15, -0.1) is 0 Å². The Labute approximate surface area is 171 Å². The summed E-state index contributed by atoms with van der Waals surface area (Å²) in [6.07, 6.45) is -3.24. The van der Waals surface area contributed by atoms with E-state index in [9.17, 15) is 22.8 Å². The van der Waals surface area contributed by atoms with Crippen LogP contribution in [0.3, 0.4) is 0 Å². The van der Waals surface area contributed by atoms with Crippen LogP contribution in [0.25, 0.3) is 0 Å². The second-order valence-corrected chi connectivity index (χ2v) is 6.71. The van der Waals surface area contributed by atoms with Crippen LogP contribution in [0.5, 0.6) is 0 Å². The van der Waals surface area contributed by atoms with Gasteiger partial charge >= 0.3 is 6.18 Å². The van der Waals surface area contributed by atoms with E-state index in [0.29, 0.717) is 21.7 Å². The summed E-state index contributed by atoms with van der Waals surface area (Å²) in [6.45, 7) is -0.0256. The molecule has 3 aromatic rings. The number of rotatable bonds is 6. The van der Waals surface area contributed by atoms with Crippen LogP contribution < -0.4 is 5.32 Å². The van der Waals surface area contributed by atoms with Crippen LogP contribution in [0.15, 0.2) is 71.3 Å². The monoisotopic (exact) mass is 416 g/mol. The lowest BCUT2D eigenvalue weighted by Crippen LogP contribution is -2.38. The zero-order valence-electron chi connectivity index (χ0n) is 16.1. The van der Waals surface area contributed by atoms with Gasteiger partial charge in [0, 0.05) is 16.8 Å². The van der Waals surface area contributed by atoms with Crippen LogP contribution in [0, 0.1) is 6.92 Å². The molecule has 0 atom stereocenters. The highest BCUT2D eigenvalue weighted by Gasteiger charge is 2.34. The van der Waals surface area contributed by atoms with E-state index < -0.39 is 18.6 Å². The minimum Gasteiger partial charge on any atom is -0.467 e. The molecular weight excluding hydrogens is 397 g/mol. The Hall–Kier alpha value is -3.55. The molecule has 0 radical (unpaired) electrons. The van der Waals surface area contributed by atoms with Gasteiger partial charge in [0.2, 0.25) is 0 Å². The number of amides is 2. The molecule has 0 unspecified atom stereocenters. The van der Waals surface area contributed by atoms with Crippen molar-refractivity contribution in [3.8, 4) is 0 Å². The highest BCUT2D eigenvalue weighted by atomic mass is 19.4. The summed E-state index contributed by atoms with van der Waals surface area (Å²) in [4.78, 5) is 25.9. The molecule has 0 aliphatic heterocycles. The van der Waals surface area contributed by atoms with Gasteiger partial charge in [0.05, 0.1) is 12.8 Å². The lowest BCUT2D eigenvalue weighted by atomic mass is 10.1. The summed E-state index contributed by atoms with van der Waals surface area (Å²) in [7, 11) is 0. The Morgan fingerprint density at radius 3 is 2.37 bits per heavy atom. The van der Waals surface area contributed by atoms with Crippen molar-refractivity contribution in [3.05, 3.63) is 89.4 Å². The Balaban J connectivity index is 1.84. The summed E-state index contributed by atoms with van der Waals surface area (Å²) < 4.78 is 44.2. The first-order valence-corrected chi connectivity index (χ1v) is 9.08. The van der Waals surface area contributed by atoms with Crippen molar-refractivity contribution >= 4 is 17.5 Å². The normalized spacial score (nSPS) is 11.2. The van der Waals surface area contributed by atoms with Gasteiger partial charge in [0.15, 0.2) is 0 Å². The van der Waals surface area contributed by atoms with E-state index in [1.807, 2.05) is 0 Å². The first-order valence-electron chi connectivity index (χ1n) is 9.08. The second-order valence-electron chi connectivity index (χ2n) is 6.71. The molecule has 5 nitrogen and oxygen atoms in total. The van der Waals surface area contributed by atoms with E-state index in [-0.39, 0.29) is 23.8 Å². The van der Waals surface area contributed by atoms with E-state index in [2.05, 4.69) is 5.32 Å². The Morgan fingerprint density at radius 2 is 1.73 bits per heavy atom. The second kappa shape index (κ2) is 8.86. The number of alkyl halides is 3. The highest BCUT2D eigenvalue weighted by Crippen LogP contribution is 2.23. The summed E-state index contributed by atoms with van der Waals surface area (Å²) in [5.41, 5.74) is 1.47. The molecule has 1 heterocycles. The van der Waals surface area contributed by atoms with Gasteiger partial charge in [-0.2, -0.15) is 13.2 Å². The molecule has 0 aliphatic carbocycles. The number of halogens is 3. The number of anilines is 1. The highest BCUT2D eigenvalue weighted by molar-refractivity contribution is 6.05. The molecule has 0 bridgehead atoms. The van der Waals surface area contributed by atoms with E-state index in [0.717, 1.165) is 0 Å². The number of aryl methyl sites for hydroxylation is 1. The average molecular weight is 416 g/mol. The first kappa shape index (κ1) is 21.2. The van der Waals surface area contributed by atoms with Crippen LogP contribution in [-0.4, -0.2) is 29.4 Å². The minimum absolute atomic E-state index is 0.0276. The Bertz CT molecular complexity index is 1020. The molecule has 156 valence electrons. The van der Waals surface area contributed by atoms with Gasteiger partial charge in [-0.3, -0.25) is 9.59 Å². The number of carbonyl (C=O) groups excluding carboxylic acids is 2. The van der Waals surface area contributed by atoms with Crippen LogP contribution in [0.4, 0.5) is 18.9 Å². The van der Waals surface area contributed by atoms with Crippen molar-refractivity contribution in [2.24, 2.45) is 0 Å². The van der Waals surface area contributed by atoms with Gasteiger partial charge in [-0.25, -0.2) is 0 Å². The zero-order chi connectivity index (χ0) is 21.7. The molecule has 3 rings (SSSR count). The van der Waals surface area contributed by atoms with Crippen LogP contribution in [0.1, 0.15) is 32.0 Å². The average Bonchev–Trinajstić information content (AvgIpc) is 3.21. The Kier molecular flexibility index (Phi) is 6.25. The fourth-order valence-corrected chi connectivity index (χ4v) is 2.86. The SMILES string of the molecule is Cc1ccc(C(=O)N(Cc2ccco2)CC(F)(F)F)cc1NC(=O)c1ccccc1. The van der Waals surface area contributed by atoms with Gasteiger partial charge in [0.25, 0.3) is 11.8 Å². The predicted octanol–water partition coefficient (Wildman–Crippen LogP) is 5.05. The van der Waals surface area contributed by atoms with Crippen LogP contribution in [-0.2, 0) is 6.54 Å². The van der Waals surface area contributed by atoms with Gasteiger partial charge in [-0.05, 0) is 48.9 Å². The predicted molar refractivity (Wildman–Crippen MR) is 105 cm³/mol. The maximum atomic E-state index is 13.0. The van der Waals surface area contributed by atoms with Gasteiger partial charge < -0.3 is 14.6 Å². The van der Waals surface area contributed by atoms with Crippen molar-refractivity contribution in [3.63, 3.8) is 0 Å². The van der Waals surface area contributed by atoms with Gasteiger partial charge in [0.1, 0.15) is 12.3 Å². The molecule has 1 N–H and O–H groups in total. The molecule has 2 aromatic carbocycles. The molecule has 0 saturated carbocycles. The number of benzene rings is 2. The first-order chi connectivity index (χ1) is 14.2. The third-order valence-electron chi connectivity index (χ3n) is 4.35. The maximum absolute atomic E-state index is 13.0. The minimum atomic E-state index is -4.57. The van der Waals surface area contributed by atoms with Crippen molar-refractivity contribution < 1.29 is 27.2 Å².